The predicted octanol–water partition coefficient (Wildman–Crippen LogP) is 2.02. The number of hydrazone groups is 1. The standard InChI is InChI=1S/C19H18N6O5/c1-29-16-8-7-13(9-14(16)11-24-12-20-19(23-24)25(27)28)10-21-22-18(26)15-5-3-4-6-17(15)30-2/h3-10,12H,11H2,1-2H3,(H,22,26)/b21-10+. The van der Waals surface area contributed by atoms with E-state index >= 15 is 0 Å². The van der Waals surface area contributed by atoms with Gasteiger partial charge in [-0.1, -0.05) is 17.1 Å². The van der Waals surface area contributed by atoms with Crippen LogP contribution in [0.3, 0.4) is 0 Å². The van der Waals surface area contributed by atoms with Gasteiger partial charge in [0.2, 0.25) is 6.33 Å². The van der Waals surface area contributed by atoms with Gasteiger partial charge in [-0.15, -0.1) is 0 Å². The lowest BCUT2D eigenvalue weighted by atomic mass is 10.1. The number of nitrogens with zero attached hydrogens (tertiary/aromatic N) is 5. The predicted molar refractivity (Wildman–Crippen MR) is 107 cm³/mol. The molecule has 3 aromatic rings. The van der Waals surface area contributed by atoms with Crippen molar-refractivity contribution in [1.82, 2.24) is 20.2 Å². The maximum absolute atomic E-state index is 12.3. The van der Waals surface area contributed by atoms with Gasteiger partial charge >= 0.3 is 5.95 Å². The van der Waals surface area contributed by atoms with Crippen LogP contribution < -0.4 is 14.9 Å². The molecule has 154 valence electrons. The molecule has 1 heterocycles. The molecule has 0 saturated carbocycles. The van der Waals surface area contributed by atoms with E-state index in [-0.39, 0.29) is 6.54 Å². The summed E-state index contributed by atoms with van der Waals surface area (Å²) in [5.74, 6) is 0.125. The van der Waals surface area contributed by atoms with Gasteiger partial charge in [0.05, 0.1) is 32.5 Å². The smallest absolute Gasteiger partial charge is 0.490 e. The van der Waals surface area contributed by atoms with Crippen molar-refractivity contribution in [3.8, 4) is 11.5 Å². The third kappa shape index (κ3) is 4.76. The quantitative estimate of drug-likeness (QED) is 0.341. The molecular formula is C19H18N6O5. The highest BCUT2D eigenvalue weighted by molar-refractivity contribution is 5.97. The molecule has 0 unspecified atom stereocenters. The van der Waals surface area contributed by atoms with E-state index in [1.807, 2.05) is 0 Å². The molecule has 2 aromatic carbocycles. The number of carbonyl (C=O) groups excluding carboxylic acids is 1. The van der Waals surface area contributed by atoms with Gasteiger partial charge in [0.25, 0.3) is 5.91 Å². The number of nitro groups is 1. The van der Waals surface area contributed by atoms with E-state index in [9.17, 15) is 14.9 Å². The number of hydrogen-bond donors (Lipinski definition) is 1. The first-order chi connectivity index (χ1) is 14.5. The first-order valence-corrected chi connectivity index (χ1v) is 8.69. The molecule has 1 amide bonds. The van der Waals surface area contributed by atoms with E-state index < -0.39 is 16.8 Å². The highest BCUT2D eigenvalue weighted by atomic mass is 16.6. The summed E-state index contributed by atoms with van der Waals surface area (Å²) in [6, 6.07) is 12.1. The van der Waals surface area contributed by atoms with Crippen LogP contribution in [-0.2, 0) is 6.54 Å². The fourth-order valence-corrected chi connectivity index (χ4v) is 2.68. The Morgan fingerprint density at radius 1 is 1.23 bits per heavy atom. The maximum atomic E-state index is 12.3. The Morgan fingerprint density at radius 2 is 2.00 bits per heavy atom. The molecule has 0 spiro atoms. The van der Waals surface area contributed by atoms with Crippen LogP contribution in [0.4, 0.5) is 5.95 Å². The Kier molecular flexibility index (Phi) is 6.33. The fraction of sp³-hybridized carbons (Fsp3) is 0.158. The van der Waals surface area contributed by atoms with E-state index in [0.717, 1.165) is 0 Å². The average molecular weight is 410 g/mol. The van der Waals surface area contributed by atoms with Crippen LogP contribution in [0.15, 0.2) is 53.9 Å². The van der Waals surface area contributed by atoms with Gasteiger partial charge < -0.3 is 19.6 Å². The van der Waals surface area contributed by atoms with Crippen LogP contribution in [0.25, 0.3) is 0 Å². The molecule has 0 fully saturated rings. The minimum atomic E-state index is -0.665. The number of para-hydroxylation sites is 1. The second-order valence-electron chi connectivity index (χ2n) is 5.97. The minimum absolute atomic E-state index is 0.208. The van der Waals surface area contributed by atoms with E-state index in [2.05, 4.69) is 20.6 Å². The number of hydrogen-bond acceptors (Lipinski definition) is 8. The van der Waals surface area contributed by atoms with Crippen LogP contribution in [0, 0.1) is 10.1 Å². The van der Waals surface area contributed by atoms with Gasteiger partial charge in [-0.2, -0.15) is 9.78 Å². The number of carbonyl (C=O) groups is 1. The maximum Gasteiger partial charge on any atom is 0.490 e. The summed E-state index contributed by atoms with van der Waals surface area (Å²) >= 11 is 0. The molecule has 1 aromatic heterocycles. The van der Waals surface area contributed by atoms with Crippen molar-refractivity contribution in [3.05, 3.63) is 75.6 Å². The lowest BCUT2D eigenvalue weighted by molar-refractivity contribution is -0.394. The van der Waals surface area contributed by atoms with Crippen molar-refractivity contribution in [3.63, 3.8) is 0 Å². The Balaban J connectivity index is 1.73. The van der Waals surface area contributed by atoms with Crippen LogP contribution in [-0.4, -0.2) is 46.0 Å². The van der Waals surface area contributed by atoms with Crippen molar-refractivity contribution in [2.24, 2.45) is 5.10 Å². The van der Waals surface area contributed by atoms with E-state index in [4.69, 9.17) is 9.47 Å². The van der Waals surface area contributed by atoms with Crippen molar-refractivity contribution in [2.45, 2.75) is 6.54 Å². The summed E-state index contributed by atoms with van der Waals surface area (Å²) in [6.45, 7) is 0.208. The van der Waals surface area contributed by atoms with Crippen LogP contribution in [0.5, 0.6) is 11.5 Å². The van der Waals surface area contributed by atoms with Crippen LogP contribution in [0.2, 0.25) is 0 Å². The molecule has 11 nitrogen and oxygen atoms in total. The van der Waals surface area contributed by atoms with Gasteiger partial charge in [-0.25, -0.2) is 5.43 Å². The summed E-state index contributed by atoms with van der Waals surface area (Å²) in [6.07, 6.45) is 2.74. The molecule has 3 rings (SSSR count). The Labute approximate surface area is 171 Å². The second kappa shape index (κ2) is 9.28. The summed E-state index contributed by atoms with van der Waals surface area (Å²) in [7, 11) is 3.00. The third-order valence-electron chi connectivity index (χ3n) is 4.06. The number of benzene rings is 2. The number of aromatic nitrogens is 3. The SMILES string of the molecule is COc1ccc(/C=N/NC(=O)c2ccccc2OC)cc1Cn1cnc([N+](=O)[O-])n1. The van der Waals surface area contributed by atoms with Crippen molar-refractivity contribution in [2.75, 3.05) is 14.2 Å². The van der Waals surface area contributed by atoms with Gasteiger partial charge in [0.1, 0.15) is 11.5 Å². The molecule has 0 atom stereocenters. The largest absolute Gasteiger partial charge is 0.496 e. The number of ether oxygens (including phenoxy) is 2. The number of methoxy groups -OCH3 is 2. The van der Waals surface area contributed by atoms with E-state index in [1.165, 1.54) is 31.4 Å². The normalized spacial score (nSPS) is 10.7. The molecule has 0 aliphatic rings. The Bertz CT molecular complexity index is 1090. The zero-order chi connectivity index (χ0) is 21.5. The van der Waals surface area contributed by atoms with Gasteiger partial charge in [0, 0.05) is 10.7 Å². The lowest BCUT2D eigenvalue weighted by Crippen LogP contribution is -2.18. The first-order valence-electron chi connectivity index (χ1n) is 8.69. The van der Waals surface area contributed by atoms with Crippen LogP contribution >= 0.6 is 0 Å². The van der Waals surface area contributed by atoms with Gasteiger partial charge in [-0.05, 0) is 40.8 Å². The molecular weight excluding hydrogens is 392 g/mol. The zero-order valence-electron chi connectivity index (χ0n) is 16.2. The molecule has 0 aliphatic heterocycles. The molecule has 1 N–H and O–H groups in total. The molecule has 11 heteroatoms. The van der Waals surface area contributed by atoms with Gasteiger partial charge in [0.15, 0.2) is 0 Å². The zero-order valence-corrected chi connectivity index (χ0v) is 16.2. The molecule has 0 bridgehead atoms. The second-order valence-corrected chi connectivity index (χ2v) is 5.97. The fourth-order valence-electron chi connectivity index (χ4n) is 2.68. The summed E-state index contributed by atoms with van der Waals surface area (Å²) in [5, 5.41) is 18.5. The monoisotopic (exact) mass is 410 g/mol. The van der Waals surface area contributed by atoms with E-state index in [1.54, 1.807) is 42.5 Å². The molecule has 0 aliphatic carbocycles. The molecule has 0 radical (unpaired) electrons. The van der Waals surface area contributed by atoms with Gasteiger partial charge in [-0.3, -0.25) is 4.79 Å². The summed E-state index contributed by atoms with van der Waals surface area (Å²) < 4.78 is 11.8. The highest BCUT2D eigenvalue weighted by Crippen LogP contribution is 2.21. The average Bonchev–Trinajstić information content (AvgIpc) is 3.23. The number of nitrogens with one attached hydrogen (secondary N) is 1. The Hall–Kier alpha value is -4.28. The van der Waals surface area contributed by atoms with Crippen molar-refractivity contribution in [1.29, 1.82) is 0 Å². The van der Waals surface area contributed by atoms with Crippen LogP contribution in [0.1, 0.15) is 21.5 Å². The number of amides is 1. The third-order valence-corrected chi connectivity index (χ3v) is 4.06. The first kappa shape index (κ1) is 20.5. The molecule has 30 heavy (non-hydrogen) atoms. The Morgan fingerprint density at radius 3 is 2.70 bits per heavy atom. The summed E-state index contributed by atoms with van der Waals surface area (Å²) in [4.78, 5) is 26.0. The van der Waals surface area contributed by atoms with E-state index in [0.29, 0.717) is 28.2 Å². The number of rotatable bonds is 8. The highest BCUT2D eigenvalue weighted by Gasteiger charge is 2.15. The van der Waals surface area contributed by atoms with Crippen molar-refractivity contribution < 1.29 is 19.2 Å². The lowest BCUT2D eigenvalue weighted by Gasteiger charge is -2.08. The summed E-state index contributed by atoms with van der Waals surface area (Å²) in [5.41, 5.74) is 4.20. The van der Waals surface area contributed by atoms with Crippen molar-refractivity contribution >= 4 is 18.1 Å². The molecule has 0 saturated heterocycles. The minimum Gasteiger partial charge on any atom is -0.496 e. The topological polar surface area (TPSA) is 134 Å².